The second kappa shape index (κ2) is 9.45. The lowest BCUT2D eigenvalue weighted by molar-refractivity contribution is 0.211. The van der Waals surface area contributed by atoms with Crippen molar-refractivity contribution in [2.24, 2.45) is 5.92 Å². The number of aromatic amines is 1. The summed E-state index contributed by atoms with van der Waals surface area (Å²) >= 11 is 1.94. The molecule has 3 atom stereocenters. The molecule has 0 spiro atoms. The summed E-state index contributed by atoms with van der Waals surface area (Å²) in [6.45, 7) is 14.9. The van der Waals surface area contributed by atoms with E-state index in [0.29, 0.717) is 48.3 Å². The van der Waals surface area contributed by atoms with Gasteiger partial charge in [0.2, 0.25) is 0 Å². The van der Waals surface area contributed by atoms with Gasteiger partial charge in [-0.25, -0.2) is 17.9 Å². The van der Waals surface area contributed by atoms with Gasteiger partial charge in [0.25, 0.3) is 0 Å². The van der Waals surface area contributed by atoms with E-state index < -0.39 is 9.84 Å². The van der Waals surface area contributed by atoms with Crippen LogP contribution in [0.5, 0.6) is 0 Å². The summed E-state index contributed by atoms with van der Waals surface area (Å²) in [6.07, 6.45) is 6.79. The number of aryl methyl sites for hydroxylation is 2. The molecule has 2 aliphatic rings. The lowest BCUT2D eigenvalue weighted by atomic mass is 9.88. The van der Waals surface area contributed by atoms with Crippen LogP contribution in [0.25, 0.3) is 27.1 Å². The van der Waals surface area contributed by atoms with E-state index in [2.05, 4.69) is 60.8 Å². The zero-order valence-corrected chi connectivity index (χ0v) is 25.0. The average molecular weight is 554 g/mol. The molecule has 9 heteroatoms. The van der Waals surface area contributed by atoms with Gasteiger partial charge in [-0.2, -0.15) is 5.10 Å². The van der Waals surface area contributed by atoms with Crippen molar-refractivity contribution in [2.45, 2.75) is 78.7 Å². The van der Waals surface area contributed by atoms with Gasteiger partial charge in [-0.3, -0.25) is 4.90 Å². The number of rotatable bonds is 8. The number of hydrogen-bond donors (Lipinski definition) is 1. The summed E-state index contributed by atoms with van der Waals surface area (Å²) in [7, 11) is -2.93. The number of sulfone groups is 1. The van der Waals surface area contributed by atoms with Gasteiger partial charge >= 0.3 is 0 Å². The molecule has 1 saturated carbocycles. The van der Waals surface area contributed by atoms with Crippen LogP contribution >= 0.6 is 11.3 Å². The number of thiophene rings is 1. The summed E-state index contributed by atoms with van der Waals surface area (Å²) in [5.41, 5.74) is 8.56. The number of likely N-dealkylation sites (tertiary alicyclic amines) is 1. The third-order valence-electron chi connectivity index (χ3n) is 9.13. The highest BCUT2D eigenvalue weighted by Gasteiger charge is 2.46. The quantitative estimate of drug-likeness (QED) is 0.290. The zero-order valence-electron chi connectivity index (χ0n) is 23.3. The van der Waals surface area contributed by atoms with Gasteiger partial charge in [0.05, 0.1) is 11.4 Å². The number of nitrogens with one attached hydrogen (secondary N) is 1. The standard InChI is InChI=1S/C29H39N5O2S2/c1-7-9-38(35,36)10-8-33-13-20-11-21(33)12-22(20)27-19(6)25-24(16(2)3)26(32-29(25)37-27)23-14-34-28(30-15-31-34)18(5)17(23)4/h14-16,20-22,32H,7-13H2,1-6H3/t20-,21?,22+/m0/s1. The Bertz CT molecular complexity index is 1630. The van der Waals surface area contributed by atoms with E-state index in [9.17, 15) is 8.42 Å². The van der Waals surface area contributed by atoms with E-state index in [1.807, 2.05) is 22.8 Å². The van der Waals surface area contributed by atoms with Gasteiger partial charge in [-0.05, 0) is 80.0 Å². The highest BCUT2D eigenvalue weighted by molar-refractivity contribution is 7.91. The molecule has 1 saturated heterocycles. The minimum absolute atomic E-state index is 0.301. The molecular formula is C29H39N5O2S2. The molecule has 1 unspecified atom stereocenters. The van der Waals surface area contributed by atoms with Crippen LogP contribution in [-0.4, -0.2) is 63.5 Å². The molecule has 4 aromatic heterocycles. The molecule has 7 nitrogen and oxygen atoms in total. The Kier molecular flexibility index (Phi) is 6.47. The van der Waals surface area contributed by atoms with Crippen LogP contribution in [0.4, 0.5) is 0 Å². The van der Waals surface area contributed by atoms with E-state index in [-0.39, 0.29) is 0 Å². The van der Waals surface area contributed by atoms with E-state index in [1.54, 1.807) is 6.33 Å². The van der Waals surface area contributed by atoms with Gasteiger partial charge in [0, 0.05) is 46.9 Å². The van der Waals surface area contributed by atoms with Gasteiger partial charge in [0.1, 0.15) is 11.2 Å². The molecule has 6 rings (SSSR count). The van der Waals surface area contributed by atoms with Crippen LogP contribution in [0.3, 0.4) is 0 Å². The number of H-pyrrole nitrogens is 1. The van der Waals surface area contributed by atoms with E-state index in [1.165, 1.54) is 55.0 Å². The Balaban J connectivity index is 1.31. The Morgan fingerprint density at radius 1 is 1.13 bits per heavy atom. The predicted molar refractivity (Wildman–Crippen MR) is 156 cm³/mol. The second-order valence-corrected chi connectivity index (χ2v) is 15.2. The van der Waals surface area contributed by atoms with Crippen LogP contribution in [0.15, 0.2) is 12.5 Å². The fourth-order valence-electron chi connectivity index (χ4n) is 7.16. The third-order valence-corrected chi connectivity index (χ3v) is 12.3. The summed E-state index contributed by atoms with van der Waals surface area (Å²) in [5, 5.41) is 5.83. The second-order valence-electron chi connectivity index (χ2n) is 11.8. The summed E-state index contributed by atoms with van der Waals surface area (Å²) in [6, 6.07) is 0.516. The van der Waals surface area contributed by atoms with Crippen molar-refractivity contribution in [1.29, 1.82) is 0 Å². The fourth-order valence-corrected chi connectivity index (χ4v) is 9.93. The molecule has 0 radical (unpaired) electrons. The molecule has 0 aromatic carbocycles. The first kappa shape index (κ1) is 26.0. The smallest absolute Gasteiger partial charge is 0.158 e. The van der Waals surface area contributed by atoms with E-state index in [4.69, 9.17) is 0 Å². The molecule has 1 aliphatic heterocycles. The molecule has 1 N–H and O–H groups in total. The van der Waals surface area contributed by atoms with Crippen molar-refractivity contribution in [1.82, 2.24) is 24.5 Å². The Labute approximate surface area is 229 Å². The molecule has 204 valence electrons. The van der Waals surface area contributed by atoms with Gasteiger partial charge < -0.3 is 4.98 Å². The Hall–Kier alpha value is -2.23. The summed E-state index contributed by atoms with van der Waals surface area (Å²) < 4.78 is 26.4. The van der Waals surface area contributed by atoms with Crippen LogP contribution in [-0.2, 0) is 9.84 Å². The van der Waals surface area contributed by atoms with Crippen molar-refractivity contribution >= 4 is 37.0 Å². The molecule has 38 heavy (non-hydrogen) atoms. The first-order valence-electron chi connectivity index (χ1n) is 14.0. The van der Waals surface area contributed by atoms with Gasteiger partial charge in [-0.15, -0.1) is 11.3 Å². The SMILES string of the molecule is CCCS(=O)(=O)CCN1C[C@@H]2CC1C[C@H]2c1sc2[nH]c(-c3cn4ncnc4c(C)c3C)c(C(C)C)c2c1C. The van der Waals surface area contributed by atoms with Gasteiger partial charge in [0.15, 0.2) is 15.5 Å². The van der Waals surface area contributed by atoms with E-state index in [0.717, 1.165) is 18.6 Å². The molecule has 4 aromatic rings. The number of aromatic nitrogens is 4. The maximum Gasteiger partial charge on any atom is 0.158 e. The number of piperidine rings is 1. The summed E-state index contributed by atoms with van der Waals surface area (Å²) in [4.78, 5) is 13.6. The van der Waals surface area contributed by atoms with Crippen LogP contribution in [0.1, 0.15) is 79.0 Å². The number of fused-ring (bicyclic) bond motifs is 4. The lowest BCUT2D eigenvalue weighted by Crippen LogP contribution is -2.38. The molecule has 5 heterocycles. The van der Waals surface area contributed by atoms with Crippen molar-refractivity contribution in [2.75, 3.05) is 24.6 Å². The summed E-state index contributed by atoms with van der Waals surface area (Å²) in [5.74, 6) is 2.19. The fraction of sp³-hybridized carbons (Fsp3) is 0.586. The molecule has 0 amide bonds. The monoisotopic (exact) mass is 553 g/mol. The highest BCUT2D eigenvalue weighted by Crippen LogP contribution is 2.53. The average Bonchev–Trinajstić information content (AvgIpc) is 3.67. The van der Waals surface area contributed by atoms with Crippen molar-refractivity contribution in [3.05, 3.63) is 39.7 Å². The zero-order chi connectivity index (χ0) is 26.9. The minimum atomic E-state index is -2.93. The first-order chi connectivity index (χ1) is 18.1. The first-order valence-corrected chi connectivity index (χ1v) is 16.6. The topological polar surface area (TPSA) is 83.4 Å². The third kappa shape index (κ3) is 4.12. The van der Waals surface area contributed by atoms with Crippen LogP contribution in [0, 0.1) is 26.7 Å². The van der Waals surface area contributed by atoms with E-state index >= 15 is 0 Å². The minimum Gasteiger partial charge on any atom is -0.346 e. The number of nitrogens with zero attached hydrogens (tertiary/aromatic N) is 4. The maximum absolute atomic E-state index is 12.3. The normalized spacial score (nSPS) is 22.1. The van der Waals surface area contributed by atoms with Crippen molar-refractivity contribution < 1.29 is 8.42 Å². The molecule has 2 fully saturated rings. The molecule has 1 aliphatic carbocycles. The Morgan fingerprint density at radius 3 is 2.61 bits per heavy atom. The highest BCUT2D eigenvalue weighted by atomic mass is 32.2. The predicted octanol–water partition coefficient (Wildman–Crippen LogP) is 5.99. The molecule has 2 bridgehead atoms. The van der Waals surface area contributed by atoms with Crippen molar-refractivity contribution in [3.63, 3.8) is 0 Å². The largest absolute Gasteiger partial charge is 0.346 e. The van der Waals surface area contributed by atoms with Crippen molar-refractivity contribution in [3.8, 4) is 11.3 Å². The Morgan fingerprint density at radius 2 is 1.92 bits per heavy atom. The maximum atomic E-state index is 12.3. The van der Waals surface area contributed by atoms with Gasteiger partial charge in [-0.1, -0.05) is 20.8 Å². The lowest BCUT2D eigenvalue weighted by Gasteiger charge is -2.31. The number of pyridine rings is 1. The van der Waals surface area contributed by atoms with Crippen LogP contribution < -0.4 is 0 Å². The molecular weight excluding hydrogens is 514 g/mol. The number of hydrogen-bond acceptors (Lipinski definition) is 6. The van der Waals surface area contributed by atoms with Crippen LogP contribution in [0.2, 0.25) is 0 Å².